The molecule has 1 heterocycles. The number of hydrogen-bond acceptors (Lipinski definition) is 1. The normalized spacial score (nSPS) is 20.4. The van der Waals surface area contributed by atoms with Crippen molar-refractivity contribution in [2.24, 2.45) is 5.92 Å². The van der Waals surface area contributed by atoms with Crippen LogP contribution in [0.4, 0.5) is 5.69 Å². The van der Waals surface area contributed by atoms with E-state index in [9.17, 15) is 4.79 Å². The van der Waals surface area contributed by atoms with Gasteiger partial charge in [-0.2, -0.15) is 0 Å². The van der Waals surface area contributed by atoms with Gasteiger partial charge in [-0.05, 0) is 37.8 Å². The van der Waals surface area contributed by atoms with Crippen LogP contribution < -0.4 is 4.90 Å². The van der Waals surface area contributed by atoms with Crippen LogP contribution in [0.1, 0.15) is 45.6 Å². The van der Waals surface area contributed by atoms with E-state index >= 15 is 0 Å². The molecule has 98 valence electrons. The van der Waals surface area contributed by atoms with Crippen LogP contribution in [0, 0.1) is 5.92 Å². The number of aryl methyl sites for hydroxylation is 1. The van der Waals surface area contributed by atoms with E-state index in [2.05, 4.69) is 39.0 Å². The number of amides is 1. The Labute approximate surface area is 110 Å². The summed E-state index contributed by atoms with van der Waals surface area (Å²) < 4.78 is 0. The molecular formula is C16H23NO. The Hall–Kier alpha value is -1.31. The lowest BCUT2D eigenvalue weighted by Crippen LogP contribution is -2.44. The zero-order valence-electron chi connectivity index (χ0n) is 11.6. The Bertz CT molecular complexity index is 427. The second-order valence-electron chi connectivity index (χ2n) is 5.41. The van der Waals surface area contributed by atoms with E-state index < -0.39 is 0 Å². The number of hydrogen-bond donors (Lipinski definition) is 0. The van der Waals surface area contributed by atoms with Crippen molar-refractivity contribution in [1.29, 1.82) is 0 Å². The van der Waals surface area contributed by atoms with Crippen LogP contribution in [0.3, 0.4) is 0 Å². The van der Waals surface area contributed by atoms with Gasteiger partial charge in [0.2, 0.25) is 5.91 Å². The van der Waals surface area contributed by atoms with Gasteiger partial charge in [-0.3, -0.25) is 4.79 Å². The molecule has 0 aliphatic carbocycles. The molecule has 2 nitrogen and oxygen atoms in total. The van der Waals surface area contributed by atoms with E-state index in [0.29, 0.717) is 6.04 Å². The summed E-state index contributed by atoms with van der Waals surface area (Å²) in [5, 5.41) is 0. The number of nitrogens with zero attached hydrogens (tertiary/aromatic N) is 1. The molecule has 0 radical (unpaired) electrons. The van der Waals surface area contributed by atoms with Gasteiger partial charge in [0.1, 0.15) is 0 Å². The molecule has 1 aromatic carbocycles. The van der Waals surface area contributed by atoms with E-state index in [-0.39, 0.29) is 11.8 Å². The molecule has 1 amide bonds. The van der Waals surface area contributed by atoms with Crippen molar-refractivity contribution in [3.63, 3.8) is 0 Å². The van der Waals surface area contributed by atoms with Crippen LogP contribution in [0.2, 0.25) is 0 Å². The predicted octanol–water partition coefficient (Wildman–Crippen LogP) is 3.79. The molecule has 18 heavy (non-hydrogen) atoms. The van der Waals surface area contributed by atoms with Crippen LogP contribution >= 0.6 is 0 Å². The summed E-state index contributed by atoms with van der Waals surface area (Å²) >= 11 is 0. The van der Waals surface area contributed by atoms with E-state index in [1.54, 1.807) is 0 Å². The van der Waals surface area contributed by atoms with Gasteiger partial charge in [-0.1, -0.05) is 38.5 Å². The maximum absolute atomic E-state index is 12.6. The van der Waals surface area contributed by atoms with Gasteiger partial charge in [0.15, 0.2) is 0 Å². The van der Waals surface area contributed by atoms with Crippen molar-refractivity contribution in [2.45, 2.75) is 52.5 Å². The van der Waals surface area contributed by atoms with Crippen molar-refractivity contribution in [3.05, 3.63) is 29.8 Å². The highest BCUT2D eigenvalue weighted by atomic mass is 16.2. The first-order valence-corrected chi connectivity index (χ1v) is 7.06. The van der Waals surface area contributed by atoms with Crippen LogP contribution in [-0.4, -0.2) is 11.9 Å². The standard InChI is InChI=1S/C16H23NO/c1-4-7-12(2)16(18)17-13(3)10-11-14-8-5-6-9-15(14)17/h5-6,8-9,12-13H,4,7,10-11H2,1-3H3. The van der Waals surface area contributed by atoms with Crippen molar-refractivity contribution in [2.75, 3.05) is 4.90 Å². The topological polar surface area (TPSA) is 20.3 Å². The molecule has 0 fully saturated rings. The minimum Gasteiger partial charge on any atom is -0.309 e. The van der Waals surface area contributed by atoms with Crippen LogP contribution in [0.5, 0.6) is 0 Å². The minimum absolute atomic E-state index is 0.128. The van der Waals surface area contributed by atoms with Gasteiger partial charge < -0.3 is 4.90 Å². The first-order valence-electron chi connectivity index (χ1n) is 7.06. The van der Waals surface area contributed by atoms with Gasteiger partial charge in [-0.25, -0.2) is 0 Å². The third kappa shape index (κ3) is 2.43. The fourth-order valence-corrected chi connectivity index (χ4v) is 2.82. The molecule has 0 saturated carbocycles. The zero-order chi connectivity index (χ0) is 13.1. The fourth-order valence-electron chi connectivity index (χ4n) is 2.82. The number of anilines is 1. The van der Waals surface area contributed by atoms with E-state index in [1.807, 2.05) is 11.0 Å². The summed E-state index contributed by atoms with van der Waals surface area (Å²) in [6.45, 7) is 6.35. The molecule has 0 saturated heterocycles. The second kappa shape index (κ2) is 5.55. The molecule has 0 N–H and O–H groups in total. The maximum atomic E-state index is 12.6. The molecule has 0 bridgehead atoms. The lowest BCUT2D eigenvalue weighted by molar-refractivity contribution is -0.122. The summed E-state index contributed by atoms with van der Waals surface area (Å²) in [4.78, 5) is 14.6. The average Bonchev–Trinajstić information content (AvgIpc) is 2.38. The van der Waals surface area contributed by atoms with Gasteiger partial charge >= 0.3 is 0 Å². The zero-order valence-corrected chi connectivity index (χ0v) is 11.6. The monoisotopic (exact) mass is 245 g/mol. The summed E-state index contributed by atoms with van der Waals surface area (Å²) in [5.41, 5.74) is 2.44. The average molecular weight is 245 g/mol. The lowest BCUT2D eigenvalue weighted by atomic mass is 9.94. The summed E-state index contributed by atoms with van der Waals surface area (Å²) in [6, 6.07) is 8.65. The molecule has 2 rings (SSSR count). The molecule has 0 aromatic heterocycles. The number of rotatable bonds is 3. The lowest BCUT2D eigenvalue weighted by Gasteiger charge is -2.37. The Morgan fingerprint density at radius 1 is 1.44 bits per heavy atom. The quantitative estimate of drug-likeness (QED) is 0.793. The summed E-state index contributed by atoms with van der Waals surface area (Å²) in [7, 11) is 0. The summed E-state index contributed by atoms with van der Waals surface area (Å²) in [6.07, 6.45) is 4.20. The van der Waals surface area contributed by atoms with E-state index in [0.717, 1.165) is 31.4 Å². The second-order valence-corrected chi connectivity index (χ2v) is 5.41. The van der Waals surface area contributed by atoms with Crippen LogP contribution in [0.15, 0.2) is 24.3 Å². The third-order valence-corrected chi connectivity index (χ3v) is 3.90. The smallest absolute Gasteiger partial charge is 0.230 e. The molecule has 2 heteroatoms. The van der Waals surface area contributed by atoms with Crippen molar-refractivity contribution in [3.8, 4) is 0 Å². The van der Waals surface area contributed by atoms with Gasteiger partial charge in [0.25, 0.3) is 0 Å². The van der Waals surface area contributed by atoms with Crippen LogP contribution in [-0.2, 0) is 11.2 Å². The Balaban J connectivity index is 2.29. The number of benzene rings is 1. The molecular weight excluding hydrogens is 222 g/mol. The molecule has 1 aliphatic heterocycles. The van der Waals surface area contributed by atoms with Gasteiger partial charge in [-0.15, -0.1) is 0 Å². The molecule has 1 aliphatic rings. The number of para-hydroxylation sites is 1. The number of fused-ring (bicyclic) bond motifs is 1. The van der Waals surface area contributed by atoms with Gasteiger partial charge in [0.05, 0.1) is 0 Å². The molecule has 0 spiro atoms. The van der Waals surface area contributed by atoms with E-state index in [1.165, 1.54) is 5.56 Å². The molecule has 2 atom stereocenters. The van der Waals surface area contributed by atoms with Crippen LogP contribution in [0.25, 0.3) is 0 Å². The van der Waals surface area contributed by atoms with Crippen molar-refractivity contribution >= 4 is 11.6 Å². The first kappa shape index (κ1) is 13.1. The van der Waals surface area contributed by atoms with Gasteiger partial charge in [0, 0.05) is 17.6 Å². The highest BCUT2D eigenvalue weighted by Crippen LogP contribution is 2.32. The molecule has 2 unspecified atom stereocenters. The largest absolute Gasteiger partial charge is 0.309 e. The van der Waals surface area contributed by atoms with E-state index in [4.69, 9.17) is 0 Å². The number of carbonyl (C=O) groups excluding carboxylic acids is 1. The maximum Gasteiger partial charge on any atom is 0.230 e. The Kier molecular flexibility index (Phi) is 4.05. The summed E-state index contributed by atoms with van der Waals surface area (Å²) in [5.74, 6) is 0.417. The minimum atomic E-state index is 0.128. The third-order valence-electron chi connectivity index (χ3n) is 3.90. The first-order chi connectivity index (χ1) is 8.65. The molecule has 1 aromatic rings. The number of carbonyl (C=O) groups is 1. The fraction of sp³-hybridized carbons (Fsp3) is 0.562. The van der Waals surface area contributed by atoms with Crippen molar-refractivity contribution in [1.82, 2.24) is 0 Å². The SMILES string of the molecule is CCCC(C)C(=O)N1c2ccccc2CCC1C. The Morgan fingerprint density at radius 2 is 2.17 bits per heavy atom. The Morgan fingerprint density at radius 3 is 2.89 bits per heavy atom. The predicted molar refractivity (Wildman–Crippen MR) is 75.8 cm³/mol. The highest BCUT2D eigenvalue weighted by molar-refractivity contribution is 5.96. The van der Waals surface area contributed by atoms with Crippen molar-refractivity contribution < 1.29 is 4.79 Å². The highest BCUT2D eigenvalue weighted by Gasteiger charge is 2.30.